The number of anilines is 1. The molecule has 1 N–H and O–H groups in total. The number of nitrogens with zero attached hydrogens (tertiary/aromatic N) is 1. The van der Waals surface area contributed by atoms with Crippen molar-refractivity contribution >= 4 is 36.0 Å². The zero-order valence-corrected chi connectivity index (χ0v) is 13.2. The number of carbonyl (C=O) groups excluding carboxylic acids is 1. The molecule has 0 aliphatic heterocycles. The Morgan fingerprint density at radius 2 is 2.00 bits per heavy atom. The Morgan fingerprint density at radius 3 is 2.47 bits per heavy atom. The van der Waals surface area contributed by atoms with E-state index in [2.05, 4.69) is 5.32 Å². The maximum Gasteiger partial charge on any atom is 1.00 e. The van der Waals surface area contributed by atoms with Crippen molar-refractivity contribution in [2.24, 2.45) is 0 Å². The van der Waals surface area contributed by atoms with Crippen LogP contribution in [0.5, 0.6) is 0 Å². The van der Waals surface area contributed by atoms with E-state index in [1.54, 1.807) is 30.5 Å². The van der Waals surface area contributed by atoms with Gasteiger partial charge in [0.15, 0.2) is 0 Å². The second-order valence-electron chi connectivity index (χ2n) is 2.80. The van der Waals surface area contributed by atoms with Crippen LogP contribution in [0.3, 0.4) is 0 Å². The SMILES string of the molecule is CS/C([S-])=C(\C#N)C(=O)Nc1ccccc1.[Na+]. The van der Waals surface area contributed by atoms with Gasteiger partial charge in [-0.05, 0) is 18.4 Å². The number of para-hydroxylation sites is 1. The monoisotopic (exact) mass is 272 g/mol. The average molecular weight is 272 g/mol. The van der Waals surface area contributed by atoms with Crippen LogP contribution in [0.15, 0.2) is 40.1 Å². The maximum atomic E-state index is 11.7. The molecular weight excluding hydrogens is 263 g/mol. The third kappa shape index (κ3) is 5.11. The van der Waals surface area contributed by atoms with Gasteiger partial charge in [-0.1, -0.05) is 18.2 Å². The summed E-state index contributed by atoms with van der Waals surface area (Å²) in [5.74, 6) is -0.465. The van der Waals surface area contributed by atoms with Crippen LogP contribution in [0.2, 0.25) is 0 Å². The summed E-state index contributed by atoms with van der Waals surface area (Å²) in [6, 6.07) is 10.8. The van der Waals surface area contributed by atoms with E-state index in [0.717, 1.165) is 0 Å². The number of hydrogen-bond donors (Lipinski definition) is 1. The van der Waals surface area contributed by atoms with Crippen LogP contribution in [0.25, 0.3) is 0 Å². The molecule has 6 heteroatoms. The largest absolute Gasteiger partial charge is 1.00 e. The Balaban J connectivity index is 0.00000256. The molecule has 0 aliphatic carbocycles. The molecule has 0 aliphatic rings. The van der Waals surface area contributed by atoms with Crippen molar-refractivity contribution < 1.29 is 34.4 Å². The normalized spacial score (nSPS) is 10.6. The van der Waals surface area contributed by atoms with Gasteiger partial charge in [0.05, 0.1) is 0 Å². The Kier molecular flexibility index (Phi) is 8.30. The molecule has 0 spiro atoms. The number of amides is 1. The predicted molar refractivity (Wildman–Crippen MR) is 68.6 cm³/mol. The first kappa shape index (κ1) is 16.5. The molecule has 0 fully saturated rings. The smallest absolute Gasteiger partial charge is 0.772 e. The third-order valence-corrected chi connectivity index (χ3v) is 3.04. The number of benzene rings is 1. The number of hydrogen-bond acceptors (Lipinski definition) is 4. The number of rotatable bonds is 3. The Bertz CT molecular complexity index is 454. The van der Waals surface area contributed by atoms with Gasteiger partial charge >= 0.3 is 29.6 Å². The molecule has 1 aromatic rings. The molecule has 0 saturated heterocycles. The Hall–Kier alpha value is -0.510. The first-order valence-corrected chi connectivity index (χ1v) is 6.04. The second-order valence-corrected chi connectivity index (χ2v) is 4.28. The van der Waals surface area contributed by atoms with Gasteiger partial charge in [0.1, 0.15) is 11.6 Å². The van der Waals surface area contributed by atoms with Crippen molar-refractivity contribution in [1.29, 1.82) is 5.26 Å². The van der Waals surface area contributed by atoms with Crippen molar-refractivity contribution in [2.45, 2.75) is 0 Å². The van der Waals surface area contributed by atoms with E-state index in [0.29, 0.717) is 9.92 Å². The zero-order chi connectivity index (χ0) is 12.0. The van der Waals surface area contributed by atoms with Gasteiger partial charge in [-0.3, -0.25) is 4.79 Å². The Morgan fingerprint density at radius 1 is 1.41 bits per heavy atom. The first-order chi connectivity index (χ1) is 7.69. The number of carbonyl (C=O) groups is 1. The summed E-state index contributed by atoms with van der Waals surface area (Å²) in [7, 11) is 0. The molecule has 3 nitrogen and oxygen atoms in total. The minimum absolute atomic E-state index is 0. The molecule has 0 bridgehead atoms. The molecule has 0 atom stereocenters. The summed E-state index contributed by atoms with van der Waals surface area (Å²) in [5.41, 5.74) is 0.621. The molecule has 1 rings (SSSR count). The molecule has 82 valence electrons. The fraction of sp³-hybridized carbons (Fsp3) is 0.0909. The van der Waals surface area contributed by atoms with Gasteiger partial charge in [-0.25, -0.2) is 0 Å². The van der Waals surface area contributed by atoms with E-state index >= 15 is 0 Å². The van der Waals surface area contributed by atoms with Gasteiger partial charge in [0, 0.05) is 5.69 Å². The van der Waals surface area contributed by atoms with E-state index < -0.39 is 5.91 Å². The van der Waals surface area contributed by atoms with Crippen LogP contribution >= 0.6 is 11.8 Å². The second kappa shape index (κ2) is 8.56. The van der Waals surface area contributed by atoms with E-state index in [4.69, 9.17) is 17.9 Å². The summed E-state index contributed by atoms with van der Waals surface area (Å²) in [4.78, 5) is 11.7. The molecule has 0 heterocycles. The molecule has 1 amide bonds. The summed E-state index contributed by atoms with van der Waals surface area (Å²) in [6.45, 7) is 0. The topological polar surface area (TPSA) is 52.9 Å². The molecule has 17 heavy (non-hydrogen) atoms. The first-order valence-electron chi connectivity index (χ1n) is 4.40. The van der Waals surface area contributed by atoms with Crippen molar-refractivity contribution in [3.05, 3.63) is 40.1 Å². The number of nitriles is 1. The van der Waals surface area contributed by atoms with Crippen LogP contribution in [0.4, 0.5) is 5.69 Å². The van der Waals surface area contributed by atoms with Crippen molar-refractivity contribution in [1.82, 2.24) is 0 Å². The molecule has 0 radical (unpaired) electrons. The maximum absolute atomic E-state index is 11.7. The van der Waals surface area contributed by atoms with Crippen molar-refractivity contribution in [2.75, 3.05) is 11.6 Å². The summed E-state index contributed by atoms with van der Waals surface area (Å²) >= 11 is 6.12. The fourth-order valence-corrected chi connectivity index (χ4v) is 1.49. The zero-order valence-electron chi connectivity index (χ0n) is 9.56. The fourth-order valence-electron chi connectivity index (χ4n) is 1.01. The van der Waals surface area contributed by atoms with Crippen molar-refractivity contribution in [3.63, 3.8) is 0 Å². The van der Waals surface area contributed by atoms with Gasteiger partial charge < -0.3 is 17.9 Å². The van der Waals surface area contributed by atoms with E-state index in [1.807, 2.05) is 12.1 Å². The van der Waals surface area contributed by atoms with E-state index in [9.17, 15) is 4.79 Å². The van der Waals surface area contributed by atoms with E-state index in [-0.39, 0.29) is 35.1 Å². The molecule has 0 aromatic heterocycles. The van der Waals surface area contributed by atoms with Crippen LogP contribution in [-0.2, 0) is 17.4 Å². The molecule has 0 saturated carbocycles. The van der Waals surface area contributed by atoms with Crippen LogP contribution in [0.1, 0.15) is 0 Å². The minimum Gasteiger partial charge on any atom is -0.772 e. The molecular formula is C11H9N2NaOS2. The average Bonchev–Trinajstić information content (AvgIpc) is 2.31. The minimum atomic E-state index is -0.465. The summed E-state index contributed by atoms with van der Waals surface area (Å²) in [5, 5.41) is 11.4. The van der Waals surface area contributed by atoms with Gasteiger partial charge in [-0.2, -0.15) is 17.0 Å². The standard InChI is InChI=1S/C11H10N2OS2.Na/c1-16-11(15)9(7-12)10(14)13-8-5-3-2-4-6-8;/h2-6,15H,1H3,(H,13,14);/q;+1/p-1/b11-9+;. The van der Waals surface area contributed by atoms with Crippen LogP contribution in [-0.4, -0.2) is 12.2 Å². The number of nitrogens with one attached hydrogen (secondary N) is 1. The molecule has 1 aromatic carbocycles. The third-order valence-electron chi connectivity index (χ3n) is 1.76. The quantitative estimate of drug-likeness (QED) is 0.341. The van der Waals surface area contributed by atoms with Crippen LogP contribution < -0.4 is 34.9 Å². The van der Waals surface area contributed by atoms with Gasteiger partial charge in [0.25, 0.3) is 5.91 Å². The molecule has 0 unspecified atom stereocenters. The van der Waals surface area contributed by atoms with E-state index in [1.165, 1.54) is 11.8 Å². The van der Waals surface area contributed by atoms with Gasteiger partial charge in [-0.15, -0.1) is 4.24 Å². The summed E-state index contributed by atoms with van der Waals surface area (Å²) < 4.78 is 0.302. The number of thioether (sulfide) groups is 1. The Labute approximate surface area is 132 Å². The summed E-state index contributed by atoms with van der Waals surface area (Å²) in [6.07, 6.45) is 1.73. The predicted octanol–water partition coefficient (Wildman–Crippen LogP) is -0.726. The van der Waals surface area contributed by atoms with Crippen LogP contribution in [0, 0.1) is 11.3 Å². The van der Waals surface area contributed by atoms with Crippen molar-refractivity contribution in [3.8, 4) is 6.07 Å². The van der Waals surface area contributed by atoms with Gasteiger partial charge in [0.2, 0.25) is 0 Å².